The van der Waals surface area contributed by atoms with Gasteiger partial charge in [-0.2, -0.15) is 0 Å². The number of benzene rings is 2. The number of rotatable bonds is 5. The minimum atomic E-state index is -0.102. The van der Waals surface area contributed by atoms with Crippen LogP contribution in [0.15, 0.2) is 67.3 Å². The Morgan fingerprint density at radius 2 is 1.81 bits per heavy atom. The van der Waals surface area contributed by atoms with Gasteiger partial charge in [-0.15, -0.1) is 0 Å². The second-order valence-electron chi connectivity index (χ2n) is 4.96. The fraction of sp³-hybridized carbons (Fsp3) is 0.167. The van der Waals surface area contributed by atoms with Crippen molar-refractivity contribution in [3.63, 3.8) is 0 Å². The van der Waals surface area contributed by atoms with Crippen molar-refractivity contribution in [1.29, 1.82) is 0 Å². The molecule has 2 aromatic carbocycles. The van der Waals surface area contributed by atoms with Crippen LogP contribution in [0.1, 0.15) is 24.1 Å². The maximum absolute atomic E-state index is 12.2. The summed E-state index contributed by atoms with van der Waals surface area (Å²) in [6, 6.07) is 17.5. The van der Waals surface area contributed by atoms with Crippen LogP contribution in [0.5, 0.6) is 0 Å². The number of nitrogen functional groups attached to an aromatic ring is 1. The van der Waals surface area contributed by atoms with Gasteiger partial charge in [-0.05, 0) is 30.2 Å². The molecule has 0 radical (unpaired) electrons. The Bertz CT molecular complexity index is 622. The van der Waals surface area contributed by atoms with E-state index < -0.39 is 0 Å². The zero-order chi connectivity index (χ0) is 15.2. The molecule has 0 bridgehead atoms. The zero-order valence-corrected chi connectivity index (χ0v) is 12.2. The van der Waals surface area contributed by atoms with E-state index in [1.807, 2.05) is 61.5 Å². The highest BCUT2D eigenvalue weighted by Gasteiger charge is 2.20. The molecular weight excluding hydrogens is 260 g/mol. The van der Waals surface area contributed by atoms with E-state index in [9.17, 15) is 4.79 Å². The van der Waals surface area contributed by atoms with Gasteiger partial charge >= 0.3 is 0 Å². The summed E-state index contributed by atoms with van der Waals surface area (Å²) in [7, 11) is 0. The zero-order valence-electron chi connectivity index (χ0n) is 12.2. The minimum absolute atomic E-state index is 0.0451. The van der Waals surface area contributed by atoms with Crippen LogP contribution in [0, 0.1) is 0 Å². The molecule has 2 N–H and O–H groups in total. The molecule has 21 heavy (non-hydrogen) atoms. The Morgan fingerprint density at radius 1 is 1.19 bits per heavy atom. The normalized spacial score (nSPS) is 11.7. The summed E-state index contributed by atoms with van der Waals surface area (Å²) in [6.07, 6.45) is 1.35. The van der Waals surface area contributed by atoms with Crippen molar-refractivity contribution in [2.75, 3.05) is 5.73 Å². The molecule has 1 amide bonds. The van der Waals surface area contributed by atoms with Crippen LogP contribution >= 0.6 is 0 Å². The number of carbonyl (C=O) groups is 1. The van der Waals surface area contributed by atoms with Gasteiger partial charge in [-0.1, -0.05) is 55.1 Å². The van der Waals surface area contributed by atoms with Crippen molar-refractivity contribution in [2.24, 2.45) is 0 Å². The van der Waals surface area contributed by atoms with Crippen molar-refractivity contribution in [1.82, 2.24) is 4.90 Å². The molecule has 0 fully saturated rings. The molecule has 2 rings (SSSR count). The lowest BCUT2D eigenvalue weighted by atomic mass is 10.1. The number of anilines is 1. The topological polar surface area (TPSA) is 46.3 Å². The molecule has 0 spiro atoms. The lowest BCUT2D eigenvalue weighted by Gasteiger charge is -2.29. The van der Waals surface area contributed by atoms with Gasteiger partial charge in [0.05, 0.1) is 6.04 Å². The van der Waals surface area contributed by atoms with Gasteiger partial charge < -0.3 is 10.6 Å². The average Bonchev–Trinajstić information content (AvgIpc) is 2.53. The van der Waals surface area contributed by atoms with E-state index in [-0.39, 0.29) is 11.9 Å². The van der Waals surface area contributed by atoms with Crippen molar-refractivity contribution < 1.29 is 4.79 Å². The van der Waals surface area contributed by atoms with Crippen LogP contribution in [0.2, 0.25) is 0 Å². The smallest absolute Gasteiger partial charge is 0.246 e. The molecule has 3 nitrogen and oxygen atoms in total. The quantitative estimate of drug-likeness (QED) is 0.672. The van der Waals surface area contributed by atoms with E-state index in [0.717, 1.165) is 11.1 Å². The highest BCUT2D eigenvalue weighted by atomic mass is 16.2. The van der Waals surface area contributed by atoms with Gasteiger partial charge in [-0.3, -0.25) is 4.79 Å². The SMILES string of the molecule is C=CC(=O)N(Cc1ccccc1N)[C@@H](C)c1ccccc1. The van der Waals surface area contributed by atoms with E-state index in [0.29, 0.717) is 12.2 Å². The molecule has 0 aliphatic heterocycles. The first kappa shape index (κ1) is 14.9. The van der Waals surface area contributed by atoms with Crippen LogP contribution in [-0.2, 0) is 11.3 Å². The highest BCUT2D eigenvalue weighted by molar-refractivity contribution is 5.87. The molecule has 0 saturated carbocycles. The third kappa shape index (κ3) is 3.51. The number of hydrogen-bond donors (Lipinski definition) is 1. The van der Waals surface area contributed by atoms with Crippen molar-refractivity contribution in [2.45, 2.75) is 19.5 Å². The van der Waals surface area contributed by atoms with Crippen molar-refractivity contribution in [3.05, 3.63) is 78.4 Å². The Kier molecular flexibility index (Phi) is 4.77. The molecule has 1 atom stereocenters. The van der Waals surface area contributed by atoms with Crippen LogP contribution in [0.4, 0.5) is 5.69 Å². The minimum Gasteiger partial charge on any atom is -0.398 e. The fourth-order valence-corrected chi connectivity index (χ4v) is 2.30. The lowest BCUT2D eigenvalue weighted by molar-refractivity contribution is -0.128. The summed E-state index contributed by atoms with van der Waals surface area (Å²) < 4.78 is 0. The molecule has 3 heteroatoms. The third-order valence-corrected chi connectivity index (χ3v) is 3.60. The second-order valence-corrected chi connectivity index (χ2v) is 4.96. The number of para-hydroxylation sites is 1. The van der Waals surface area contributed by atoms with Gasteiger partial charge in [0.2, 0.25) is 5.91 Å². The monoisotopic (exact) mass is 280 g/mol. The van der Waals surface area contributed by atoms with Gasteiger partial charge in [0, 0.05) is 12.2 Å². The van der Waals surface area contributed by atoms with E-state index >= 15 is 0 Å². The van der Waals surface area contributed by atoms with Crippen LogP contribution < -0.4 is 5.73 Å². The molecule has 108 valence electrons. The Morgan fingerprint density at radius 3 is 2.43 bits per heavy atom. The molecule has 0 heterocycles. The van der Waals surface area contributed by atoms with Crippen LogP contribution in [0.3, 0.4) is 0 Å². The largest absolute Gasteiger partial charge is 0.398 e. The molecule has 0 aliphatic carbocycles. The fourth-order valence-electron chi connectivity index (χ4n) is 2.30. The first-order chi connectivity index (χ1) is 10.1. The maximum Gasteiger partial charge on any atom is 0.246 e. The number of hydrogen-bond acceptors (Lipinski definition) is 2. The van der Waals surface area contributed by atoms with Gasteiger partial charge in [0.25, 0.3) is 0 Å². The predicted octanol–water partition coefficient (Wildman–Crippen LogP) is 3.54. The first-order valence-corrected chi connectivity index (χ1v) is 6.95. The Labute approximate surface area is 125 Å². The molecule has 0 saturated heterocycles. The van der Waals surface area contributed by atoms with E-state index in [1.54, 1.807) is 4.90 Å². The summed E-state index contributed by atoms with van der Waals surface area (Å²) in [5.41, 5.74) is 8.71. The summed E-state index contributed by atoms with van der Waals surface area (Å²) in [4.78, 5) is 14.0. The standard InChI is InChI=1S/C18H20N2O/c1-3-18(21)20(13-16-11-7-8-12-17(16)19)14(2)15-9-5-4-6-10-15/h3-12,14H,1,13,19H2,2H3/t14-/m0/s1. The number of amides is 1. The molecule has 0 unspecified atom stereocenters. The summed E-state index contributed by atoms with van der Waals surface area (Å²) >= 11 is 0. The van der Waals surface area contributed by atoms with Crippen molar-refractivity contribution >= 4 is 11.6 Å². The highest BCUT2D eigenvalue weighted by Crippen LogP contribution is 2.24. The van der Waals surface area contributed by atoms with Gasteiger partial charge in [0.15, 0.2) is 0 Å². The molecule has 0 aromatic heterocycles. The summed E-state index contributed by atoms with van der Waals surface area (Å²) in [5, 5.41) is 0. The summed E-state index contributed by atoms with van der Waals surface area (Å²) in [6.45, 7) is 6.07. The first-order valence-electron chi connectivity index (χ1n) is 6.95. The lowest BCUT2D eigenvalue weighted by Crippen LogP contribution is -2.32. The van der Waals surface area contributed by atoms with Gasteiger partial charge in [-0.25, -0.2) is 0 Å². The predicted molar refractivity (Wildman–Crippen MR) is 86.5 cm³/mol. The third-order valence-electron chi connectivity index (χ3n) is 3.60. The van der Waals surface area contributed by atoms with E-state index in [4.69, 9.17) is 5.73 Å². The average molecular weight is 280 g/mol. The van der Waals surface area contributed by atoms with E-state index in [2.05, 4.69) is 6.58 Å². The Balaban J connectivity index is 2.29. The molecular formula is C18H20N2O. The van der Waals surface area contributed by atoms with Crippen LogP contribution in [-0.4, -0.2) is 10.8 Å². The number of nitrogens with two attached hydrogens (primary N) is 1. The van der Waals surface area contributed by atoms with Crippen LogP contribution in [0.25, 0.3) is 0 Å². The Hall–Kier alpha value is -2.55. The number of nitrogens with zero attached hydrogens (tertiary/aromatic N) is 1. The maximum atomic E-state index is 12.2. The van der Waals surface area contributed by atoms with E-state index in [1.165, 1.54) is 6.08 Å². The molecule has 2 aromatic rings. The second kappa shape index (κ2) is 6.75. The summed E-state index contributed by atoms with van der Waals surface area (Å²) in [5.74, 6) is -0.102. The van der Waals surface area contributed by atoms with Gasteiger partial charge in [0.1, 0.15) is 0 Å². The number of carbonyl (C=O) groups excluding carboxylic acids is 1. The molecule has 0 aliphatic rings. The van der Waals surface area contributed by atoms with Crippen molar-refractivity contribution in [3.8, 4) is 0 Å².